The van der Waals surface area contributed by atoms with Gasteiger partial charge in [-0.15, -0.1) is 17.9 Å². The van der Waals surface area contributed by atoms with Crippen LogP contribution in [0, 0.1) is 0 Å². The quantitative estimate of drug-likeness (QED) is 0.400. The lowest BCUT2D eigenvalue weighted by Crippen LogP contribution is -2.47. The van der Waals surface area contributed by atoms with E-state index in [1.165, 1.54) is 4.88 Å². The number of hydrogen-bond donors (Lipinski definition) is 1. The number of carbonyl (C=O) groups is 1. The van der Waals surface area contributed by atoms with Gasteiger partial charge in [0.25, 0.3) is 0 Å². The minimum Gasteiger partial charge on any atom is -0.497 e. The number of ether oxygens (including phenoxy) is 2. The lowest BCUT2D eigenvalue weighted by Gasteiger charge is -2.37. The molecule has 2 atom stereocenters. The Labute approximate surface area is 211 Å². The average molecular weight is 493 g/mol. The van der Waals surface area contributed by atoms with E-state index in [1.54, 1.807) is 24.5 Å². The summed E-state index contributed by atoms with van der Waals surface area (Å²) in [5.74, 6) is 1.53. The number of aliphatic hydroxyl groups is 1. The van der Waals surface area contributed by atoms with Crippen LogP contribution in [0.3, 0.4) is 0 Å². The topological polar surface area (TPSA) is 62.2 Å². The van der Waals surface area contributed by atoms with E-state index in [0.29, 0.717) is 26.2 Å². The molecule has 2 aromatic carbocycles. The molecule has 0 fully saturated rings. The van der Waals surface area contributed by atoms with Crippen LogP contribution in [0.25, 0.3) is 0 Å². The number of aliphatic hydroxyl groups excluding tert-OH is 1. The number of hydrogen-bond acceptors (Lipinski definition) is 6. The van der Waals surface area contributed by atoms with Crippen LogP contribution in [0.4, 0.5) is 0 Å². The Kier molecular flexibility index (Phi) is 8.58. The standard InChI is InChI=1S/C28H32N2O4S/c1-3-15-29(18-26(31)21-7-5-4-6-8-21)19-28(32)30-16-13-27-24(14-17-35-27)25(30)20-34-23-11-9-22(33-2)10-12-23/h3-12,14,17,25-26,31H,1,13,15-16,18-20H2,2H3. The molecule has 184 valence electrons. The molecule has 0 spiro atoms. The molecule has 1 amide bonds. The van der Waals surface area contributed by atoms with Crippen molar-refractivity contribution in [2.24, 2.45) is 0 Å². The van der Waals surface area contributed by atoms with Crippen LogP contribution < -0.4 is 9.47 Å². The summed E-state index contributed by atoms with van der Waals surface area (Å²) in [6.45, 7) is 5.92. The highest BCUT2D eigenvalue weighted by atomic mass is 32.1. The van der Waals surface area contributed by atoms with Gasteiger partial charge in [0.1, 0.15) is 18.1 Å². The smallest absolute Gasteiger partial charge is 0.237 e. The Morgan fingerprint density at radius 3 is 2.66 bits per heavy atom. The molecular formula is C28H32N2O4S. The van der Waals surface area contributed by atoms with E-state index >= 15 is 0 Å². The zero-order valence-electron chi connectivity index (χ0n) is 20.0. The minimum atomic E-state index is -0.678. The molecule has 7 heteroatoms. The van der Waals surface area contributed by atoms with Gasteiger partial charge in [0.2, 0.25) is 5.91 Å². The highest BCUT2D eigenvalue weighted by Gasteiger charge is 2.33. The molecule has 1 aliphatic heterocycles. The molecule has 0 saturated carbocycles. The fourth-order valence-electron chi connectivity index (χ4n) is 4.42. The van der Waals surface area contributed by atoms with Gasteiger partial charge in [0, 0.05) is 24.5 Å². The third-order valence-corrected chi connectivity index (χ3v) is 7.24. The zero-order chi connectivity index (χ0) is 24.6. The van der Waals surface area contributed by atoms with Crippen LogP contribution in [0.2, 0.25) is 0 Å². The number of carbonyl (C=O) groups excluding carboxylic acids is 1. The lowest BCUT2D eigenvalue weighted by atomic mass is 10.0. The first-order valence-electron chi connectivity index (χ1n) is 11.8. The minimum absolute atomic E-state index is 0.0206. The predicted octanol–water partition coefficient (Wildman–Crippen LogP) is 4.48. The van der Waals surface area contributed by atoms with Gasteiger partial charge in [0.05, 0.1) is 25.8 Å². The maximum atomic E-state index is 13.5. The van der Waals surface area contributed by atoms with Crippen LogP contribution in [-0.4, -0.2) is 60.7 Å². The van der Waals surface area contributed by atoms with E-state index in [-0.39, 0.29) is 18.5 Å². The van der Waals surface area contributed by atoms with Gasteiger partial charge in [-0.3, -0.25) is 9.69 Å². The number of methoxy groups -OCH3 is 1. The SMILES string of the molecule is C=CCN(CC(=O)N1CCc2sccc2C1COc1ccc(OC)cc1)CC(O)c1ccccc1. The van der Waals surface area contributed by atoms with Crippen LogP contribution in [0.5, 0.6) is 11.5 Å². The second-order valence-corrected chi connectivity index (χ2v) is 9.55. The largest absolute Gasteiger partial charge is 0.497 e. The highest BCUT2D eigenvalue weighted by Crippen LogP contribution is 2.34. The Morgan fingerprint density at radius 2 is 1.94 bits per heavy atom. The zero-order valence-corrected chi connectivity index (χ0v) is 20.8. The monoisotopic (exact) mass is 492 g/mol. The summed E-state index contributed by atoms with van der Waals surface area (Å²) in [5.41, 5.74) is 1.99. The number of benzene rings is 2. The summed E-state index contributed by atoms with van der Waals surface area (Å²) in [5, 5.41) is 12.8. The van der Waals surface area contributed by atoms with Crippen molar-refractivity contribution in [3.8, 4) is 11.5 Å². The van der Waals surface area contributed by atoms with E-state index in [4.69, 9.17) is 9.47 Å². The van der Waals surface area contributed by atoms with Gasteiger partial charge in [-0.2, -0.15) is 0 Å². The molecular weight excluding hydrogens is 460 g/mol. The van der Waals surface area contributed by atoms with Crippen LogP contribution in [-0.2, 0) is 11.2 Å². The third-order valence-electron chi connectivity index (χ3n) is 6.24. The van der Waals surface area contributed by atoms with E-state index in [0.717, 1.165) is 29.0 Å². The number of rotatable bonds is 11. The molecule has 0 saturated heterocycles. The maximum absolute atomic E-state index is 13.5. The summed E-state index contributed by atoms with van der Waals surface area (Å²) in [6, 6.07) is 18.9. The second kappa shape index (κ2) is 12.0. The Hall–Kier alpha value is -3.13. The van der Waals surface area contributed by atoms with Gasteiger partial charge in [0.15, 0.2) is 0 Å². The summed E-state index contributed by atoms with van der Waals surface area (Å²) in [4.78, 5) is 18.7. The molecule has 0 aliphatic carbocycles. The molecule has 0 bridgehead atoms. The molecule has 1 aromatic heterocycles. The predicted molar refractivity (Wildman–Crippen MR) is 139 cm³/mol. The van der Waals surface area contributed by atoms with E-state index < -0.39 is 6.10 Å². The van der Waals surface area contributed by atoms with Crippen LogP contribution in [0.1, 0.15) is 28.1 Å². The van der Waals surface area contributed by atoms with Crippen molar-refractivity contribution in [3.63, 3.8) is 0 Å². The molecule has 1 aliphatic rings. The van der Waals surface area contributed by atoms with Crippen LogP contribution in [0.15, 0.2) is 78.7 Å². The Balaban J connectivity index is 1.45. The molecule has 2 unspecified atom stereocenters. The Bertz CT molecular complexity index is 1100. The second-order valence-electron chi connectivity index (χ2n) is 8.55. The maximum Gasteiger partial charge on any atom is 0.237 e. The number of fused-ring (bicyclic) bond motifs is 1. The van der Waals surface area contributed by atoms with Crippen molar-refractivity contribution in [2.75, 3.05) is 39.9 Å². The first-order valence-corrected chi connectivity index (χ1v) is 12.7. The molecule has 3 aromatic rings. The molecule has 35 heavy (non-hydrogen) atoms. The third kappa shape index (κ3) is 6.31. The van der Waals surface area contributed by atoms with Crippen molar-refractivity contribution in [3.05, 3.63) is 94.7 Å². The van der Waals surface area contributed by atoms with Gasteiger partial charge >= 0.3 is 0 Å². The number of thiophene rings is 1. The van der Waals surface area contributed by atoms with Crippen molar-refractivity contribution in [2.45, 2.75) is 18.6 Å². The van der Waals surface area contributed by atoms with Crippen molar-refractivity contribution in [1.82, 2.24) is 9.80 Å². The molecule has 6 nitrogen and oxygen atoms in total. The van der Waals surface area contributed by atoms with Crippen molar-refractivity contribution >= 4 is 17.2 Å². The van der Waals surface area contributed by atoms with E-state index in [1.807, 2.05) is 64.4 Å². The fourth-order valence-corrected chi connectivity index (χ4v) is 5.34. The highest BCUT2D eigenvalue weighted by molar-refractivity contribution is 7.10. The number of amides is 1. The van der Waals surface area contributed by atoms with Crippen molar-refractivity contribution < 1.29 is 19.4 Å². The molecule has 1 N–H and O–H groups in total. The van der Waals surface area contributed by atoms with Gasteiger partial charge < -0.3 is 19.5 Å². The first-order chi connectivity index (χ1) is 17.1. The molecule has 0 radical (unpaired) electrons. The first kappa shape index (κ1) is 25.0. The molecule has 2 heterocycles. The summed E-state index contributed by atoms with van der Waals surface area (Å²) < 4.78 is 11.3. The lowest BCUT2D eigenvalue weighted by molar-refractivity contribution is -0.136. The summed E-state index contributed by atoms with van der Waals surface area (Å²) in [7, 11) is 1.63. The van der Waals surface area contributed by atoms with Gasteiger partial charge in [-0.05, 0) is 53.3 Å². The van der Waals surface area contributed by atoms with Gasteiger partial charge in [-0.1, -0.05) is 36.4 Å². The average Bonchev–Trinajstić information content (AvgIpc) is 3.37. The summed E-state index contributed by atoms with van der Waals surface area (Å²) in [6.07, 6.45) is 1.93. The Morgan fingerprint density at radius 1 is 1.20 bits per heavy atom. The number of nitrogens with zero attached hydrogens (tertiary/aromatic N) is 2. The molecule has 4 rings (SSSR count). The fraction of sp³-hybridized carbons (Fsp3) is 0.321. The normalized spacial score (nSPS) is 16.0. The van der Waals surface area contributed by atoms with Crippen LogP contribution >= 0.6 is 11.3 Å². The van der Waals surface area contributed by atoms with E-state index in [9.17, 15) is 9.90 Å². The van der Waals surface area contributed by atoms with E-state index in [2.05, 4.69) is 18.0 Å². The van der Waals surface area contributed by atoms with Gasteiger partial charge in [-0.25, -0.2) is 0 Å². The van der Waals surface area contributed by atoms with Crippen molar-refractivity contribution in [1.29, 1.82) is 0 Å². The summed E-state index contributed by atoms with van der Waals surface area (Å²) >= 11 is 1.73.